The molecule has 0 atom stereocenters. The average Bonchev–Trinajstić information content (AvgIpc) is 2.80. The van der Waals surface area contributed by atoms with Crippen molar-refractivity contribution in [2.75, 3.05) is 31.5 Å². The zero-order valence-electron chi connectivity index (χ0n) is 16.9. The van der Waals surface area contributed by atoms with Crippen molar-refractivity contribution in [1.82, 2.24) is 25.2 Å². The predicted octanol–water partition coefficient (Wildman–Crippen LogP) is 2.79. The van der Waals surface area contributed by atoms with Gasteiger partial charge in [0.1, 0.15) is 5.58 Å². The Morgan fingerprint density at radius 3 is 2.84 bits per heavy atom. The third-order valence-corrected chi connectivity index (χ3v) is 5.30. The van der Waals surface area contributed by atoms with Crippen LogP contribution < -0.4 is 16.3 Å². The van der Waals surface area contributed by atoms with Gasteiger partial charge in [0.2, 0.25) is 5.95 Å². The van der Waals surface area contributed by atoms with Crippen molar-refractivity contribution < 1.29 is 4.42 Å². The lowest BCUT2D eigenvalue weighted by atomic mass is 10.1. The fraction of sp³-hybridized carbons (Fsp3) is 0.217. The Hall–Kier alpha value is -3.62. The summed E-state index contributed by atoms with van der Waals surface area (Å²) in [6, 6.07) is 13.0. The topological polar surface area (TPSA) is 96.2 Å². The average molecular weight is 414 g/mol. The van der Waals surface area contributed by atoms with Crippen LogP contribution in [-0.4, -0.2) is 46.0 Å². The first-order valence-electron chi connectivity index (χ1n) is 10.2. The first-order chi connectivity index (χ1) is 15.2. The second kappa shape index (κ2) is 8.63. The summed E-state index contributed by atoms with van der Waals surface area (Å²) in [5, 5.41) is 7.49. The lowest BCUT2D eigenvalue weighted by molar-refractivity contribution is 0.233. The Labute approximate surface area is 179 Å². The molecule has 156 valence electrons. The Balaban J connectivity index is 1.42. The number of nitrogens with one attached hydrogen (secondary N) is 2. The van der Waals surface area contributed by atoms with Gasteiger partial charge in [-0.05, 0) is 35.9 Å². The molecule has 1 aliphatic heterocycles. The van der Waals surface area contributed by atoms with Gasteiger partial charge in [-0.25, -0.2) is 14.8 Å². The van der Waals surface area contributed by atoms with Gasteiger partial charge in [-0.2, -0.15) is 0 Å². The Kier molecular flexibility index (Phi) is 5.39. The van der Waals surface area contributed by atoms with Gasteiger partial charge < -0.3 is 15.1 Å². The maximum absolute atomic E-state index is 12.2. The van der Waals surface area contributed by atoms with Crippen LogP contribution in [0, 0.1) is 0 Å². The van der Waals surface area contributed by atoms with E-state index < -0.39 is 0 Å². The summed E-state index contributed by atoms with van der Waals surface area (Å²) in [6.07, 6.45) is 5.18. The van der Waals surface area contributed by atoms with Crippen LogP contribution in [0.3, 0.4) is 0 Å². The van der Waals surface area contributed by atoms with Crippen LogP contribution in [0.1, 0.15) is 5.56 Å². The van der Waals surface area contributed by atoms with Gasteiger partial charge in [-0.1, -0.05) is 0 Å². The number of benzene rings is 1. The van der Waals surface area contributed by atoms with Gasteiger partial charge in [-0.3, -0.25) is 9.88 Å². The molecule has 1 aliphatic rings. The minimum atomic E-state index is -0.343. The van der Waals surface area contributed by atoms with Gasteiger partial charge in [-0.15, -0.1) is 0 Å². The van der Waals surface area contributed by atoms with Gasteiger partial charge in [0.05, 0.1) is 5.69 Å². The SMILES string of the molecule is O=c1cc(CN2CCNCC2)c2ccc(Nc3nccc(-c4cccnc4)n3)cc2o1. The third-order valence-electron chi connectivity index (χ3n) is 5.30. The first kappa shape index (κ1) is 19.3. The van der Waals surface area contributed by atoms with E-state index in [2.05, 4.69) is 30.5 Å². The Morgan fingerprint density at radius 1 is 1.10 bits per heavy atom. The van der Waals surface area contributed by atoms with Crippen molar-refractivity contribution in [3.8, 4) is 11.3 Å². The number of anilines is 2. The molecule has 2 N–H and O–H groups in total. The lowest BCUT2D eigenvalue weighted by Crippen LogP contribution is -2.43. The zero-order chi connectivity index (χ0) is 21.0. The largest absolute Gasteiger partial charge is 0.423 e. The highest BCUT2D eigenvalue weighted by molar-refractivity contribution is 5.84. The number of nitrogens with zero attached hydrogens (tertiary/aromatic N) is 4. The minimum Gasteiger partial charge on any atom is -0.423 e. The number of fused-ring (bicyclic) bond motifs is 1. The highest BCUT2D eigenvalue weighted by atomic mass is 16.4. The molecule has 1 saturated heterocycles. The van der Waals surface area contributed by atoms with E-state index in [9.17, 15) is 4.79 Å². The van der Waals surface area contributed by atoms with E-state index in [1.807, 2.05) is 36.4 Å². The molecule has 0 bridgehead atoms. The maximum atomic E-state index is 12.2. The molecule has 0 saturated carbocycles. The van der Waals surface area contributed by atoms with E-state index in [1.165, 1.54) is 0 Å². The summed E-state index contributed by atoms with van der Waals surface area (Å²) in [5.41, 5.74) is 3.62. The first-order valence-corrected chi connectivity index (χ1v) is 10.2. The minimum absolute atomic E-state index is 0.343. The fourth-order valence-corrected chi connectivity index (χ4v) is 3.77. The number of hydrogen-bond donors (Lipinski definition) is 2. The molecule has 4 aromatic rings. The fourth-order valence-electron chi connectivity index (χ4n) is 3.77. The van der Waals surface area contributed by atoms with Crippen molar-refractivity contribution in [3.63, 3.8) is 0 Å². The lowest BCUT2D eigenvalue weighted by Gasteiger charge is -2.27. The van der Waals surface area contributed by atoms with Crippen LogP contribution in [0.25, 0.3) is 22.2 Å². The van der Waals surface area contributed by atoms with Crippen LogP contribution in [0.2, 0.25) is 0 Å². The molecule has 4 heterocycles. The molecule has 8 nitrogen and oxygen atoms in total. The second-order valence-electron chi connectivity index (χ2n) is 7.46. The van der Waals surface area contributed by atoms with E-state index in [0.29, 0.717) is 11.5 Å². The highest BCUT2D eigenvalue weighted by Crippen LogP contribution is 2.24. The summed E-state index contributed by atoms with van der Waals surface area (Å²) >= 11 is 0. The smallest absolute Gasteiger partial charge is 0.336 e. The molecule has 8 heteroatoms. The van der Waals surface area contributed by atoms with Gasteiger partial charge in [0.15, 0.2) is 0 Å². The maximum Gasteiger partial charge on any atom is 0.336 e. The summed E-state index contributed by atoms with van der Waals surface area (Å²) in [5.74, 6) is 0.458. The van der Waals surface area contributed by atoms with Crippen LogP contribution in [0.15, 0.2) is 70.3 Å². The quantitative estimate of drug-likeness (QED) is 0.481. The van der Waals surface area contributed by atoms with Gasteiger partial charge in [0, 0.05) is 80.1 Å². The van der Waals surface area contributed by atoms with Crippen LogP contribution >= 0.6 is 0 Å². The van der Waals surface area contributed by atoms with Crippen LogP contribution in [0.4, 0.5) is 11.6 Å². The van der Waals surface area contributed by atoms with E-state index in [-0.39, 0.29) is 5.63 Å². The summed E-state index contributed by atoms with van der Waals surface area (Å²) < 4.78 is 5.49. The molecule has 1 fully saturated rings. The monoisotopic (exact) mass is 414 g/mol. The number of pyridine rings is 1. The summed E-state index contributed by atoms with van der Waals surface area (Å²) in [7, 11) is 0. The van der Waals surface area contributed by atoms with Crippen molar-refractivity contribution in [2.24, 2.45) is 0 Å². The van der Waals surface area contributed by atoms with Crippen LogP contribution in [-0.2, 0) is 6.54 Å². The number of aromatic nitrogens is 3. The normalized spacial score (nSPS) is 14.6. The molecule has 3 aromatic heterocycles. The molecule has 0 spiro atoms. The van der Waals surface area contributed by atoms with Gasteiger partial charge >= 0.3 is 5.63 Å². The number of rotatable bonds is 5. The van der Waals surface area contributed by atoms with Gasteiger partial charge in [0.25, 0.3) is 0 Å². The zero-order valence-corrected chi connectivity index (χ0v) is 16.9. The third kappa shape index (κ3) is 4.45. The molecule has 1 aromatic carbocycles. The van der Waals surface area contributed by atoms with E-state index >= 15 is 0 Å². The predicted molar refractivity (Wildman–Crippen MR) is 119 cm³/mol. The van der Waals surface area contributed by atoms with Crippen molar-refractivity contribution >= 4 is 22.6 Å². The second-order valence-corrected chi connectivity index (χ2v) is 7.46. The highest BCUT2D eigenvalue weighted by Gasteiger charge is 2.14. The molecule has 0 aliphatic carbocycles. The van der Waals surface area contributed by atoms with Crippen molar-refractivity contribution in [1.29, 1.82) is 0 Å². The molecule has 31 heavy (non-hydrogen) atoms. The molecular formula is C23H22N6O2. The van der Waals surface area contributed by atoms with E-state index in [0.717, 1.165) is 60.6 Å². The van der Waals surface area contributed by atoms with Crippen LogP contribution in [0.5, 0.6) is 0 Å². The number of piperazine rings is 1. The Bertz CT molecular complexity index is 1250. The summed E-state index contributed by atoms with van der Waals surface area (Å²) in [6.45, 7) is 4.59. The molecule has 5 rings (SSSR count). The summed E-state index contributed by atoms with van der Waals surface area (Å²) in [4.78, 5) is 27.5. The molecular weight excluding hydrogens is 392 g/mol. The Morgan fingerprint density at radius 2 is 2.00 bits per heavy atom. The van der Waals surface area contributed by atoms with E-state index in [4.69, 9.17) is 4.42 Å². The molecule has 0 amide bonds. The number of hydrogen-bond acceptors (Lipinski definition) is 8. The van der Waals surface area contributed by atoms with Crippen molar-refractivity contribution in [3.05, 3.63) is 77.0 Å². The standard InChI is InChI=1S/C23H22N6O2/c30-22-12-17(15-29-10-8-24-9-11-29)19-4-3-18(13-21(19)31-22)27-23-26-7-5-20(28-23)16-2-1-6-25-14-16/h1-7,12-14,24H,8-11,15H2,(H,26,27,28). The van der Waals surface area contributed by atoms with Crippen molar-refractivity contribution in [2.45, 2.75) is 6.54 Å². The molecule has 0 unspecified atom stereocenters. The molecule has 0 radical (unpaired) electrons. The van der Waals surface area contributed by atoms with E-state index in [1.54, 1.807) is 24.7 Å².